The van der Waals surface area contributed by atoms with Crippen LogP contribution in [-0.4, -0.2) is 11.9 Å². The molecule has 0 bridgehead atoms. The van der Waals surface area contributed by atoms with E-state index in [0.717, 1.165) is 38.2 Å². The first kappa shape index (κ1) is 22.8. The van der Waals surface area contributed by atoms with Crippen LogP contribution >= 0.6 is 11.3 Å². The number of ether oxygens (including phenoxy) is 1. The summed E-state index contributed by atoms with van der Waals surface area (Å²) in [5, 5.41) is 7.62. The standard InChI is InChI=1S/C28H18F3NO2S/c1-17(23-6-2-4-18-14-15-35-26(18)23)32-27(33)20-8-13-24-19(16-20)5-3-7-25(24)34-22-11-9-21(10-12-22)28(29,30)31/h2-3,5-17H,1H3/p+1/t17-/m1/s1. The number of fused-ring (bicyclic) bond motifs is 2. The summed E-state index contributed by atoms with van der Waals surface area (Å²) in [5.74, 6) is 0.579. The number of rotatable bonds is 5. The number of thiophene rings is 1. The molecule has 174 valence electrons. The second-order valence-corrected chi connectivity index (χ2v) is 9.02. The summed E-state index contributed by atoms with van der Waals surface area (Å²) in [4.78, 5) is 13.0. The third-order valence-corrected chi connectivity index (χ3v) is 6.72. The zero-order valence-electron chi connectivity index (χ0n) is 18.5. The van der Waals surface area contributed by atoms with Gasteiger partial charge < -0.3 is 10.1 Å². The Balaban J connectivity index is 1.37. The highest BCUT2D eigenvalue weighted by Gasteiger charge is 2.30. The van der Waals surface area contributed by atoms with E-state index in [0.29, 0.717) is 17.1 Å². The molecule has 0 spiro atoms. The zero-order chi connectivity index (χ0) is 24.6. The molecule has 1 atom stereocenters. The first-order chi connectivity index (χ1) is 16.8. The molecule has 5 rings (SSSR count). The van der Waals surface area contributed by atoms with Crippen LogP contribution in [0.5, 0.6) is 11.5 Å². The normalized spacial score (nSPS) is 13.5. The largest absolute Gasteiger partial charge is 0.457 e. The summed E-state index contributed by atoms with van der Waals surface area (Å²) >= 11 is 1.62. The number of nitrogens with one attached hydrogen (secondary N) is 1. The van der Waals surface area contributed by atoms with Gasteiger partial charge in [0.25, 0.3) is 5.91 Å². The number of carbonyl (C=O) groups excluding carboxylic acids is 1. The number of alkyl halides is 3. The summed E-state index contributed by atoms with van der Waals surface area (Å²) in [6.07, 6.45) is 2.63. The lowest BCUT2D eigenvalue weighted by molar-refractivity contribution is -0.137. The van der Waals surface area contributed by atoms with Crippen molar-refractivity contribution in [2.24, 2.45) is 0 Å². The van der Waals surface area contributed by atoms with Crippen molar-refractivity contribution in [1.29, 1.82) is 0 Å². The van der Waals surface area contributed by atoms with Gasteiger partial charge in [-0.2, -0.15) is 13.2 Å². The van der Waals surface area contributed by atoms with Crippen molar-refractivity contribution in [2.45, 2.75) is 19.1 Å². The van der Waals surface area contributed by atoms with Crippen molar-refractivity contribution >= 4 is 39.7 Å². The molecule has 1 aliphatic rings. The van der Waals surface area contributed by atoms with E-state index in [1.165, 1.54) is 12.1 Å². The van der Waals surface area contributed by atoms with Gasteiger partial charge in [0, 0.05) is 34.5 Å². The molecule has 0 fully saturated rings. The Kier molecular flexibility index (Phi) is 5.89. The molecule has 1 aromatic heterocycles. The molecule has 7 heteroatoms. The smallest absolute Gasteiger partial charge is 0.416 e. The second kappa shape index (κ2) is 9.02. The van der Waals surface area contributed by atoms with E-state index < -0.39 is 11.7 Å². The number of halogens is 3. The molecule has 3 nitrogen and oxygen atoms in total. The van der Waals surface area contributed by atoms with E-state index in [1.54, 1.807) is 41.7 Å². The lowest BCUT2D eigenvalue weighted by atomic mass is 10.0. The molecular weight excluding hydrogens is 471 g/mol. The maximum Gasteiger partial charge on any atom is 0.416 e. The van der Waals surface area contributed by atoms with Crippen LogP contribution in [0.2, 0.25) is 0 Å². The number of carbonyl (C=O) groups is 1. The Bertz CT molecular complexity index is 1570. The van der Waals surface area contributed by atoms with Crippen LogP contribution in [0.15, 0.2) is 84.3 Å². The van der Waals surface area contributed by atoms with Gasteiger partial charge in [0.1, 0.15) is 16.0 Å². The highest BCUT2D eigenvalue weighted by molar-refractivity contribution is 7.07. The predicted octanol–water partition coefficient (Wildman–Crippen LogP) is 5.91. The summed E-state index contributed by atoms with van der Waals surface area (Å²) < 4.78 is 45.4. The van der Waals surface area contributed by atoms with Gasteiger partial charge >= 0.3 is 6.18 Å². The third kappa shape index (κ3) is 4.69. The van der Waals surface area contributed by atoms with Crippen LogP contribution < -0.4 is 19.8 Å². The average molecular weight is 491 g/mol. The van der Waals surface area contributed by atoms with Gasteiger partial charge in [-0.05, 0) is 60.8 Å². The number of benzene rings is 3. The van der Waals surface area contributed by atoms with E-state index in [9.17, 15) is 18.0 Å². The van der Waals surface area contributed by atoms with Crippen LogP contribution in [0.25, 0.3) is 22.4 Å². The molecule has 1 aliphatic carbocycles. The number of hydrogen-bond donors (Lipinski definition) is 1. The summed E-state index contributed by atoms with van der Waals surface area (Å²) in [5.41, 5.74) is 0.803. The monoisotopic (exact) mass is 490 g/mol. The molecule has 0 saturated carbocycles. The Labute approximate surface area is 203 Å². The molecule has 1 heterocycles. The van der Waals surface area contributed by atoms with Crippen molar-refractivity contribution in [1.82, 2.24) is 5.32 Å². The SMILES string of the molecule is C[C@@H](NC(=O)c1ccc2c(Oc3ccc(C(F)(F)F)cc3)cccc2c1)C1=c2sccc2=[C+]C=C1. The molecule has 0 radical (unpaired) electrons. The van der Waals surface area contributed by atoms with Crippen LogP contribution in [-0.2, 0) is 6.18 Å². The molecule has 3 aromatic carbocycles. The van der Waals surface area contributed by atoms with Gasteiger partial charge in [-0.1, -0.05) is 23.5 Å². The summed E-state index contributed by atoms with van der Waals surface area (Å²) in [6.45, 7) is 1.95. The lowest BCUT2D eigenvalue weighted by Crippen LogP contribution is -2.37. The molecule has 0 unspecified atom stereocenters. The van der Waals surface area contributed by atoms with Gasteiger partial charge in [0.05, 0.1) is 23.3 Å². The van der Waals surface area contributed by atoms with Crippen molar-refractivity contribution in [2.75, 3.05) is 0 Å². The molecule has 1 N–H and O–H groups in total. The van der Waals surface area contributed by atoms with E-state index >= 15 is 0 Å². The highest BCUT2D eigenvalue weighted by atomic mass is 32.1. The molecule has 1 amide bonds. The first-order valence-corrected chi connectivity index (χ1v) is 11.7. The fourth-order valence-corrected chi connectivity index (χ4v) is 4.94. The Hall–Kier alpha value is -3.93. The quantitative estimate of drug-likeness (QED) is 0.353. The Morgan fingerprint density at radius 1 is 1.06 bits per heavy atom. The lowest BCUT2D eigenvalue weighted by Gasteiger charge is -2.14. The van der Waals surface area contributed by atoms with Gasteiger partial charge in [0.2, 0.25) is 0 Å². The van der Waals surface area contributed by atoms with E-state index in [4.69, 9.17) is 4.74 Å². The van der Waals surface area contributed by atoms with E-state index in [1.807, 2.05) is 36.6 Å². The minimum atomic E-state index is -4.40. The number of hydrogen-bond acceptors (Lipinski definition) is 3. The van der Waals surface area contributed by atoms with E-state index in [2.05, 4.69) is 11.4 Å². The average Bonchev–Trinajstić information content (AvgIpc) is 3.33. The van der Waals surface area contributed by atoms with Crippen LogP contribution in [0, 0.1) is 0 Å². The van der Waals surface area contributed by atoms with Gasteiger partial charge in [-0.3, -0.25) is 4.79 Å². The maximum atomic E-state index is 13.0. The third-order valence-electron chi connectivity index (χ3n) is 5.76. The minimum absolute atomic E-state index is 0.191. The Morgan fingerprint density at radius 3 is 2.63 bits per heavy atom. The summed E-state index contributed by atoms with van der Waals surface area (Å²) in [6, 6.07) is 17.0. The van der Waals surface area contributed by atoms with Crippen LogP contribution in [0.1, 0.15) is 22.8 Å². The molecule has 35 heavy (non-hydrogen) atoms. The van der Waals surface area contributed by atoms with Crippen molar-refractivity contribution in [3.63, 3.8) is 0 Å². The minimum Gasteiger partial charge on any atom is -0.457 e. The molecular formula is C28H19F3NO2S+. The molecule has 0 saturated heterocycles. The van der Waals surface area contributed by atoms with E-state index in [-0.39, 0.29) is 11.9 Å². The fraction of sp³-hybridized carbons (Fsp3) is 0.107. The van der Waals surface area contributed by atoms with Gasteiger partial charge in [0.15, 0.2) is 5.22 Å². The van der Waals surface area contributed by atoms with Crippen molar-refractivity contribution in [3.8, 4) is 11.5 Å². The number of amides is 1. The molecule has 4 aromatic rings. The maximum absolute atomic E-state index is 13.0. The topological polar surface area (TPSA) is 38.3 Å². The van der Waals surface area contributed by atoms with Gasteiger partial charge in [-0.15, -0.1) is 0 Å². The fourth-order valence-electron chi connectivity index (χ4n) is 3.97. The van der Waals surface area contributed by atoms with Crippen molar-refractivity contribution < 1.29 is 22.7 Å². The van der Waals surface area contributed by atoms with Gasteiger partial charge in [-0.25, -0.2) is 0 Å². The van der Waals surface area contributed by atoms with Crippen LogP contribution in [0.3, 0.4) is 0 Å². The van der Waals surface area contributed by atoms with Crippen molar-refractivity contribution in [3.05, 3.63) is 105 Å². The first-order valence-electron chi connectivity index (χ1n) is 10.9. The zero-order valence-corrected chi connectivity index (χ0v) is 19.3. The Morgan fingerprint density at radius 2 is 1.86 bits per heavy atom. The molecule has 0 aliphatic heterocycles. The highest BCUT2D eigenvalue weighted by Crippen LogP contribution is 2.33. The second-order valence-electron chi connectivity index (χ2n) is 8.11. The summed E-state index contributed by atoms with van der Waals surface area (Å²) in [7, 11) is 0. The van der Waals surface area contributed by atoms with Crippen LogP contribution in [0.4, 0.5) is 13.2 Å². The predicted molar refractivity (Wildman–Crippen MR) is 132 cm³/mol. The number of allylic oxidation sites excluding steroid dienone is 1.